The van der Waals surface area contributed by atoms with E-state index in [0.717, 1.165) is 0 Å². The second-order valence-electron chi connectivity index (χ2n) is 8.48. The highest BCUT2D eigenvalue weighted by Crippen LogP contribution is 2.61. The molecule has 0 radical (unpaired) electrons. The fourth-order valence-corrected chi connectivity index (χ4v) is 6.00. The molecule has 0 heterocycles. The molecule has 0 aliphatic heterocycles. The van der Waals surface area contributed by atoms with E-state index in [1.54, 1.807) is 0 Å². The van der Waals surface area contributed by atoms with Gasteiger partial charge in [0.15, 0.2) is 0 Å². The summed E-state index contributed by atoms with van der Waals surface area (Å²) in [6, 6.07) is 44.8. The molecule has 7 rings (SSSR count). The van der Waals surface area contributed by atoms with Crippen LogP contribution in [0.5, 0.6) is 0 Å². The number of rotatable bonds is 0. The summed E-state index contributed by atoms with van der Waals surface area (Å²) in [5.74, 6) is 0. The van der Waals surface area contributed by atoms with Gasteiger partial charge in [-0.2, -0.15) is 0 Å². The van der Waals surface area contributed by atoms with Crippen LogP contribution in [0.3, 0.4) is 0 Å². The molecule has 2 aliphatic carbocycles. The summed E-state index contributed by atoms with van der Waals surface area (Å²) >= 11 is 0. The molecule has 5 aromatic rings. The highest BCUT2D eigenvalue weighted by atomic mass is 14.5. The molecule has 0 unspecified atom stereocenters. The summed E-state index contributed by atoms with van der Waals surface area (Å²) in [5, 5.41) is 0. The van der Waals surface area contributed by atoms with Crippen LogP contribution < -0.4 is 0 Å². The van der Waals surface area contributed by atoms with E-state index in [0.29, 0.717) is 0 Å². The largest absolute Gasteiger partial charge is 0.0725 e. The summed E-state index contributed by atoms with van der Waals surface area (Å²) < 4.78 is 0. The van der Waals surface area contributed by atoms with Crippen LogP contribution in [-0.2, 0) is 5.41 Å². The lowest BCUT2D eigenvalue weighted by Gasteiger charge is -2.35. The van der Waals surface area contributed by atoms with Gasteiger partial charge in [0.25, 0.3) is 0 Å². The molecule has 0 atom stereocenters. The Morgan fingerprint density at radius 3 is 0.692 bits per heavy atom. The zero-order valence-electron chi connectivity index (χ0n) is 25.0. The Hall–Kier alpha value is -3.90. The molecule has 1 spiro atoms. The van der Waals surface area contributed by atoms with Crippen molar-refractivity contribution in [1.82, 2.24) is 0 Å². The van der Waals surface area contributed by atoms with Crippen molar-refractivity contribution in [2.45, 2.75) is 60.8 Å². The Balaban J connectivity index is 0.000000485. The van der Waals surface area contributed by atoms with Crippen molar-refractivity contribution in [2.24, 2.45) is 0 Å². The molecule has 0 saturated heterocycles. The Morgan fingerprint density at radius 2 is 0.436 bits per heavy atom. The average Bonchev–Trinajstić information content (AvgIpc) is 3.30. The highest BCUT2D eigenvalue weighted by Gasteiger charge is 2.49. The normalized spacial score (nSPS) is 11.8. The molecule has 0 aromatic heterocycles. The number of benzene rings is 5. The number of hydrogen-bond acceptors (Lipinski definition) is 0. The fourth-order valence-electron chi connectivity index (χ4n) is 6.00. The van der Waals surface area contributed by atoms with E-state index in [2.05, 4.69) is 121 Å². The van der Waals surface area contributed by atoms with E-state index in [1.807, 2.05) is 55.4 Å². The van der Waals surface area contributed by atoms with Crippen molar-refractivity contribution < 1.29 is 0 Å². The SMILES string of the molecule is CC.CC.CC.CC.c1ccc2c(c1)-c1ccccc1C1(c3ccccc3-2)c2ccccc2-c2ccccc21. The second kappa shape index (κ2) is 13.8. The van der Waals surface area contributed by atoms with Gasteiger partial charge in [0.2, 0.25) is 0 Å². The van der Waals surface area contributed by atoms with Gasteiger partial charge in [0.1, 0.15) is 0 Å². The van der Waals surface area contributed by atoms with Crippen LogP contribution >= 0.6 is 0 Å². The summed E-state index contributed by atoms with van der Waals surface area (Å²) in [6.07, 6.45) is 0. The molecule has 0 fully saturated rings. The van der Waals surface area contributed by atoms with Crippen molar-refractivity contribution in [3.8, 4) is 33.4 Å². The molecule has 0 amide bonds. The lowest BCUT2D eigenvalue weighted by Crippen LogP contribution is -2.29. The van der Waals surface area contributed by atoms with Gasteiger partial charge in [-0.25, -0.2) is 0 Å². The molecule has 200 valence electrons. The first-order chi connectivity index (χ1) is 19.4. The van der Waals surface area contributed by atoms with E-state index < -0.39 is 0 Å². The minimum Gasteiger partial charge on any atom is -0.0683 e. The maximum absolute atomic E-state index is 2.34. The fraction of sp³-hybridized carbons (Fsp3) is 0.231. The van der Waals surface area contributed by atoms with Crippen molar-refractivity contribution in [3.63, 3.8) is 0 Å². The standard InChI is InChI=1S/C31H20.4C2H6/c1-2-12-22-21(11-1)23-13-3-7-17-27(23)31(28-18-8-4-14-24(22)28)29-19-9-5-15-25(29)26-16-6-10-20-30(26)31;4*1-2/h1-20H;4*1-2H3. The molecule has 2 aliphatic rings. The van der Waals surface area contributed by atoms with Crippen LogP contribution in [0.15, 0.2) is 121 Å². The van der Waals surface area contributed by atoms with Crippen LogP contribution in [0.2, 0.25) is 0 Å². The topological polar surface area (TPSA) is 0 Å². The van der Waals surface area contributed by atoms with Crippen LogP contribution in [0.25, 0.3) is 33.4 Å². The summed E-state index contributed by atoms with van der Waals surface area (Å²) in [7, 11) is 0. The lowest BCUT2D eigenvalue weighted by molar-refractivity contribution is 0.775. The first-order valence-electron chi connectivity index (χ1n) is 14.9. The third-order valence-corrected chi connectivity index (χ3v) is 7.12. The van der Waals surface area contributed by atoms with E-state index in [1.165, 1.54) is 55.6 Å². The van der Waals surface area contributed by atoms with Crippen LogP contribution in [0.4, 0.5) is 0 Å². The molecule has 5 aromatic carbocycles. The van der Waals surface area contributed by atoms with Gasteiger partial charge in [-0.15, -0.1) is 0 Å². The smallest absolute Gasteiger partial charge is 0.0683 e. The predicted molar refractivity (Wildman–Crippen MR) is 174 cm³/mol. The van der Waals surface area contributed by atoms with Crippen molar-refractivity contribution in [1.29, 1.82) is 0 Å². The monoisotopic (exact) mass is 512 g/mol. The quantitative estimate of drug-likeness (QED) is 0.189. The number of hydrogen-bond donors (Lipinski definition) is 0. The van der Waals surface area contributed by atoms with Crippen LogP contribution in [0.1, 0.15) is 77.6 Å². The van der Waals surface area contributed by atoms with Gasteiger partial charge in [0, 0.05) is 0 Å². The Labute approximate surface area is 237 Å². The molecule has 0 bridgehead atoms. The molecule has 0 heteroatoms. The van der Waals surface area contributed by atoms with E-state index >= 15 is 0 Å². The lowest BCUT2D eigenvalue weighted by atomic mass is 9.66. The van der Waals surface area contributed by atoms with Crippen LogP contribution in [0, 0.1) is 0 Å². The molecule has 0 N–H and O–H groups in total. The van der Waals surface area contributed by atoms with Gasteiger partial charge in [0.05, 0.1) is 5.41 Å². The molecule has 0 saturated carbocycles. The average molecular weight is 513 g/mol. The summed E-state index contributed by atoms with van der Waals surface area (Å²) in [4.78, 5) is 0. The maximum atomic E-state index is 2.34. The van der Waals surface area contributed by atoms with Crippen molar-refractivity contribution in [2.75, 3.05) is 0 Å². The van der Waals surface area contributed by atoms with Gasteiger partial charge in [-0.05, 0) is 55.6 Å². The molecule has 39 heavy (non-hydrogen) atoms. The first kappa shape index (κ1) is 29.7. The zero-order valence-corrected chi connectivity index (χ0v) is 25.0. The Bertz CT molecular complexity index is 1370. The van der Waals surface area contributed by atoms with E-state index in [-0.39, 0.29) is 5.41 Å². The first-order valence-corrected chi connectivity index (χ1v) is 14.9. The Morgan fingerprint density at radius 1 is 0.256 bits per heavy atom. The van der Waals surface area contributed by atoms with E-state index in [9.17, 15) is 0 Å². The van der Waals surface area contributed by atoms with Gasteiger partial charge in [-0.3, -0.25) is 0 Å². The Kier molecular flexibility index (Phi) is 10.5. The summed E-state index contributed by atoms with van der Waals surface area (Å²) in [6.45, 7) is 16.0. The zero-order chi connectivity index (χ0) is 28.4. The van der Waals surface area contributed by atoms with Crippen molar-refractivity contribution in [3.05, 3.63) is 144 Å². The van der Waals surface area contributed by atoms with Gasteiger partial charge in [-0.1, -0.05) is 177 Å². The third-order valence-electron chi connectivity index (χ3n) is 7.12. The van der Waals surface area contributed by atoms with Crippen LogP contribution in [-0.4, -0.2) is 0 Å². The molecule has 0 nitrogen and oxygen atoms in total. The molecular formula is C39H44. The summed E-state index contributed by atoms with van der Waals surface area (Å²) in [5.41, 5.74) is 13.1. The third kappa shape index (κ3) is 4.63. The van der Waals surface area contributed by atoms with Gasteiger partial charge < -0.3 is 0 Å². The number of fused-ring (bicyclic) bond motifs is 12. The minimum atomic E-state index is -0.334. The predicted octanol–water partition coefficient (Wildman–Crippen LogP) is 11.8. The van der Waals surface area contributed by atoms with E-state index in [4.69, 9.17) is 0 Å². The van der Waals surface area contributed by atoms with Crippen molar-refractivity contribution >= 4 is 0 Å². The maximum Gasteiger partial charge on any atom is 0.0725 e. The molecular weight excluding hydrogens is 468 g/mol. The second-order valence-corrected chi connectivity index (χ2v) is 8.48. The highest BCUT2D eigenvalue weighted by molar-refractivity contribution is 5.96. The van der Waals surface area contributed by atoms with Gasteiger partial charge >= 0.3 is 0 Å². The minimum absolute atomic E-state index is 0.334.